The average molecular weight is 370 g/mol. The van der Waals surface area contributed by atoms with Crippen molar-refractivity contribution in [1.82, 2.24) is 0 Å². The number of aliphatic carboxylic acids is 1. The number of rotatable bonds is 13. The van der Waals surface area contributed by atoms with E-state index in [9.17, 15) is 20.1 Å². The van der Waals surface area contributed by atoms with E-state index in [1.807, 2.05) is 12.2 Å². The third-order valence-electron chi connectivity index (χ3n) is 4.55. The molecule has 1 fully saturated rings. The number of carbonyl (C=O) groups is 1. The summed E-state index contributed by atoms with van der Waals surface area (Å²) in [4.78, 5) is 10.4. The first-order valence-corrected chi connectivity index (χ1v) is 9.68. The number of hydrogen-bond acceptors (Lipinski definition) is 5. The molecule has 1 saturated heterocycles. The maximum absolute atomic E-state index is 10.4. The van der Waals surface area contributed by atoms with E-state index < -0.39 is 30.4 Å². The van der Waals surface area contributed by atoms with Crippen LogP contribution in [-0.2, 0) is 9.53 Å². The Morgan fingerprint density at radius 3 is 2.69 bits per heavy atom. The zero-order chi connectivity index (χ0) is 19.4. The van der Waals surface area contributed by atoms with Crippen molar-refractivity contribution in [3.8, 4) is 0 Å². The molecule has 0 unspecified atom stereocenters. The highest BCUT2D eigenvalue weighted by molar-refractivity contribution is 5.66. The van der Waals surface area contributed by atoms with Crippen LogP contribution in [0, 0.1) is 0 Å². The highest BCUT2D eigenvalue weighted by Crippen LogP contribution is 2.26. The molecule has 0 spiro atoms. The first kappa shape index (κ1) is 22.8. The highest BCUT2D eigenvalue weighted by atomic mass is 16.5. The summed E-state index contributed by atoms with van der Waals surface area (Å²) in [6, 6.07) is 0. The van der Waals surface area contributed by atoms with Crippen LogP contribution in [0.2, 0.25) is 0 Å². The summed E-state index contributed by atoms with van der Waals surface area (Å²) in [5, 5.41) is 38.7. The van der Waals surface area contributed by atoms with Crippen LogP contribution in [0.4, 0.5) is 0 Å². The molecule has 150 valence electrons. The van der Waals surface area contributed by atoms with Gasteiger partial charge < -0.3 is 25.2 Å². The predicted molar refractivity (Wildman–Crippen MR) is 99.8 cm³/mol. The van der Waals surface area contributed by atoms with Gasteiger partial charge in [-0.15, -0.1) is 0 Å². The van der Waals surface area contributed by atoms with E-state index in [2.05, 4.69) is 6.92 Å². The molecule has 1 aliphatic rings. The molecule has 4 N–H and O–H groups in total. The molecular weight excluding hydrogens is 336 g/mol. The van der Waals surface area contributed by atoms with Gasteiger partial charge in [0.2, 0.25) is 0 Å². The maximum atomic E-state index is 10.4. The Hall–Kier alpha value is -1.21. The van der Waals surface area contributed by atoms with Crippen LogP contribution >= 0.6 is 0 Å². The Balaban J connectivity index is 2.29. The van der Waals surface area contributed by atoms with Gasteiger partial charge >= 0.3 is 5.97 Å². The van der Waals surface area contributed by atoms with E-state index in [1.165, 1.54) is 0 Å². The minimum atomic E-state index is -0.801. The van der Waals surface area contributed by atoms with E-state index in [-0.39, 0.29) is 12.5 Å². The van der Waals surface area contributed by atoms with Gasteiger partial charge in [-0.3, -0.25) is 4.79 Å². The van der Waals surface area contributed by atoms with Crippen LogP contribution in [-0.4, -0.2) is 56.9 Å². The van der Waals surface area contributed by atoms with Gasteiger partial charge in [-0.25, -0.2) is 0 Å². The Morgan fingerprint density at radius 2 is 2.00 bits per heavy atom. The highest BCUT2D eigenvalue weighted by Gasteiger charge is 2.36. The fraction of sp³-hybridized carbons (Fsp3) is 0.750. The van der Waals surface area contributed by atoms with Crippen molar-refractivity contribution >= 4 is 5.97 Å². The molecule has 0 bridgehead atoms. The molecule has 0 aromatic rings. The molecule has 6 heteroatoms. The molecule has 0 aromatic heterocycles. The fourth-order valence-corrected chi connectivity index (χ4v) is 2.97. The summed E-state index contributed by atoms with van der Waals surface area (Å²) in [5.74, 6) is -0.801. The molecule has 0 amide bonds. The van der Waals surface area contributed by atoms with Crippen molar-refractivity contribution in [2.75, 3.05) is 0 Å². The summed E-state index contributed by atoms with van der Waals surface area (Å²) < 4.78 is 5.73. The lowest BCUT2D eigenvalue weighted by Crippen LogP contribution is -2.26. The summed E-state index contributed by atoms with van der Waals surface area (Å²) in [6.07, 6.45) is 10.2. The van der Waals surface area contributed by atoms with Crippen molar-refractivity contribution in [1.29, 1.82) is 0 Å². The van der Waals surface area contributed by atoms with Crippen LogP contribution in [0.25, 0.3) is 0 Å². The Kier molecular flexibility index (Phi) is 11.4. The van der Waals surface area contributed by atoms with Gasteiger partial charge in [-0.2, -0.15) is 0 Å². The molecular formula is C20H34O6. The monoisotopic (exact) mass is 370 g/mol. The van der Waals surface area contributed by atoms with Crippen molar-refractivity contribution in [2.24, 2.45) is 0 Å². The van der Waals surface area contributed by atoms with E-state index >= 15 is 0 Å². The van der Waals surface area contributed by atoms with Gasteiger partial charge in [0.1, 0.15) is 6.10 Å². The molecule has 6 nitrogen and oxygen atoms in total. The lowest BCUT2D eigenvalue weighted by atomic mass is 10.0. The van der Waals surface area contributed by atoms with E-state index in [4.69, 9.17) is 9.84 Å². The number of carboxylic acid groups (broad SMARTS) is 1. The first-order valence-electron chi connectivity index (χ1n) is 9.68. The predicted octanol–water partition coefficient (Wildman–Crippen LogP) is 2.56. The lowest BCUT2D eigenvalue weighted by molar-refractivity contribution is -0.137. The summed E-state index contributed by atoms with van der Waals surface area (Å²) >= 11 is 0. The molecule has 5 atom stereocenters. The van der Waals surface area contributed by atoms with Crippen LogP contribution in [0.15, 0.2) is 24.3 Å². The Labute approximate surface area is 156 Å². The lowest BCUT2D eigenvalue weighted by Gasteiger charge is -2.18. The minimum absolute atomic E-state index is 0.148. The first-order chi connectivity index (χ1) is 12.4. The number of unbranched alkanes of at least 4 members (excludes halogenated alkanes) is 3. The summed E-state index contributed by atoms with van der Waals surface area (Å²) in [7, 11) is 0. The minimum Gasteiger partial charge on any atom is -0.481 e. The van der Waals surface area contributed by atoms with Gasteiger partial charge in [0.25, 0.3) is 0 Å². The third kappa shape index (κ3) is 9.48. The molecule has 1 rings (SSSR count). The van der Waals surface area contributed by atoms with Crippen molar-refractivity contribution in [2.45, 2.75) is 95.2 Å². The fourth-order valence-electron chi connectivity index (χ4n) is 2.97. The zero-order valence-corrected chi connectivity index (χ0v) is 15.7. The SMILES string of the molecule is CCCCC[C@H](O)[C@H]1C[C@H](O)[C@H](/C=C/[C@H](O)C/C=C\CCCC(=O)O)O1. The Bertz CT molecular complexity index is 448. The molecule has 1 heterocycles. The van der Waals surface area contributed by atoms with E-state index in [0.717, 1.165) is 19.3 Å². The van der Waals surface area contributed by atoms with Gasteiger partial charge in [-0.05, 0) is 25.7 Å². The summed E-state index contributed by atoms with van der Waals surface area (Å²) in [6.45, 7) is 2.11. The van der Waals surface area contributed by atoms with Crippen LogP contribution in [0.1, 0.15) is 64.7 Å². The Morgan fingerprint density at radius 1 is 1.23 bits per heavy atom. The molecule has 1 aliphatic heterocycles. The van der Waals surface area contributed by atoms with Crippen LogP contribution < -0.4 is 0 Å². The normalized spacial score (nSPS) is 25.9. The smallest absolute Gasteiger partial charge is 0.303 e. The van der Waals surface area contributed by atoms with E-state index in [0.29, 0.717) is 32.1 Å². The molecule has 0 aliphatic carbocycles. The van der Waals surface area contributed by atoms with Gasteiger partial charge in [0, 0.05) is 12.8 Å². The van der Waals surface area contributed by atoms with Crippen molar-refractivity contribution < 1.29 is 30.0 Å². The van der Waals surface area contributed by atoms with Crippen molar-refractivity contribution in [3.63, 3.8) is 0 Å². The van der Waals surface area contributed by atoms with Crippen molar-refractivity contribution in [3.05, 3.63) is 24.3 Å². The topological polar surface area (TPSA) is 107 Å². The van der Waals surface area contributed by atoms with Gasteiger partial charge in [-0.1, -0.05) is 50.5 Å². The van der Waals surface area contributed by atoms with Crippen LogP contribution in [0.5, 0.6) is 0 Å². The number of allylic oxidation sites excluding steroid dienone is 1. The largest absolute Gasteiger partial charge is 0.481 e. The third-order valence-corrected chi connectivity index (χ3v) is 4.55. The number of ether oxygens (including phenoxy) is 1. The molecule has 0 radical (unpaired) electrons. The molecule has 26 heavy (non-hydrogen) atoms. The van der Waals surface area contributed by atoms with Crippen LogP contribution in [0.3, 0.4) is 0 Å². The van der Waals surface area contributed by atoms with Gasteiger partial charge in [0.15, 0.2) is 0 Å². The second-order valence-electron chi connectivity index (χ2n) is 6.95. The van der Waals surface area contributed by atoms with Gasteiger partial charge in [0.05, 0.1) is 24.4 Å². The van der Waals surface area contributed by atoms with E-state index in [1.54, 1.807) is 12.2 Å². The molecule has 0 saturated carbocycles. The second kappa shape index (κ2) is 13.0. The second-order valence-corrected chi connectivity index (χ2v) is 6.95. The maximum Gasteiger partial charge on any atom is 0.303 e. The quantitative estimate of drug-likeness (QED) is 0.293. The number of aliphatic hydroxyl groups is 3. The summed E-state index contributed by atoms with van der Waals surface area (Å²) in [5.41, 5.74) is 0. The average Bonchev–Trinajstić information content (AvgIpc) is 2.97. The zero-order valence-electron chi connectivity index (χ0n) is 15.7. The standard InChI is InChI=1S/C20H34O6/c1-2-3-6-10-16(22)19-14-17(23)18(26-19)13-12-15(21)9-7-4-5-8-11-20(24)25/h4,7,12-13,15-19,21-23H,2-3,5-6,8-11,14H2,1H3,(H,24,25)/b7-4-,13-12+/t15-,16+,17+,18+,19-/m1/s1. The number of hydrogen-bond donors (Lipinski definition) is 4. The molecule has 0 aromatic carbocycles. The number of carboxylic acids is 1. The number of aliphatic hydroxyl groups excluding tert-OH is 3.